The number of ether oxygens (including phenoxy) is 3. The largest absolute Gasteiger partial charge is 0.493 e. The molecule has 0 saturated carbocycles. The van der Waals surface area contributed by atoms with Gasteiger partial charge in [0.1, 0.15) is 12.4 Å². The van der Waals surface area contributed by atoms with E-state index in [0.717, 1.165) is 12.1 Å². The quantitative estimate of drug-likeness (QED) is 0.604. The molecular weight excluding hydrogens is 382 g/mol. The molecule has 1 aromatic heterocycles. The Morgan fingerprint density at radius 1 is 1.07 bits per heavy atom. The smallest absolute Gasteiger partial charge is 0.198 e. The normalized spacial score (nSPS) is 11.4. The fraction of sp³-hybridized carbons (Fsp3) is 0.286. The van der Waals surface area contributed by atoms with Gasteiger partial charge in [0.05, 0.1) is 18.2 Å². The molecule has 2 N–H and O–H groups in total. The molecule has 1 heterocycles. The Labute approximate surface area is 167 Å². The van der Waals surface area contributed by atoms with Crippen LogP contribution in [0.3, 0.4) is 0 Å². The lowest BCUT2D eigenvalue weighted by atomic mass is 10.1. The van der Waals surface area contributed by atoms with Crippen LogP contribution in [0.15, 0.2) is 36.5 Å². The maximum absolute atomic E-state index is 14.3. The Bertz CT molecular complexity index is 1010. The van der Waals surface area contributed by atoms with E-state index in [1.165, 1.54) is 19.4 Å². The number of nitrogens with zero attached hydrogens (tertiary/aromatic N) is 1. The number of aliphatic hydroxyl groups is 1. The Kier molecular flexibility index (Phi) is 5.74. The molecule has 3 aromatic rings. The zero-order valence-corrected chi connectivity index (χ0v) is 16.5. The predicted octanol–water partition coefficient (Wildman–Crippen LogP) is 4.51. The Hall–Kier alpha value is -3.13. The summed E-state index contributed by atoms with van der Waals surface area (Å²) < 4.78 is 45.2. The minimum absolute atomic E-state index is 0.0410. The van der Waals surface area contributed by atoms with Crippen LogP contribution in [0.2, 0.25) is 0 Å². The number of nitrogens with one attached hydrogen (secondary N) is 1. The van der Waals surface area contributed by atoms with Crippen molar-refractivity contribution in [3.8, 4) is 23.0 Å². The van der Waals surface area contributed by atoms with Crippen LogP contribution in [0, 0.1) is 11.6 Å². The number of methoxy groups -OCH3 is 1. The standard InChI is InChI=1S/C21H22F2N2O4/c1-21(2,26)11-28-19-10-16-13(9-18(19)27-4)17(5-6-25-16)29-20-14(22)7-12(24-3)8-15(20)23/h5-10,24,26H,11H2,1-4H3. The molecule has 8 heteroatoms. The number of hydrogen-bond acceptors (Lipinski definition) is 6. The lowest BCUT2D eigenvalue weighted by molar-refractivity contribution is 0.0277. The Morgan fingerprint density at radius 3 is 2.34 bits per heavy atom. The highest BCUT2D eigenvalue weighted by Crippen LogP contribution is 2.38. The SMILES string of the molecule is CNc1cc(F)c(Oc2ccnc3cc(OCC(C)(C)O)c(OC)cc23)c(F)c1. The average molecular weight is 404 g/mol. The molecule has 3 rings (SSSR count). The average Bonchev–Trinajstić information content (AvgIpc) is 2.67. The summed E-state index contributed by atoms with van der Waals surface area (Å²) in [4.78, 5) is 4.26. The highest BCUT2D eigenvalue weighted by atomic mass is 19.1. The van der Waals surface area contributed by atoms with Gasteiger partial charge in [-0.1, -0.05) is 0 Å². The second kappa shape index (κ2) is 8.08. The van der Waals surface area contributed by atoms with E-state index in [9.17, 15) is 13.9 Å². The van der Waals surface area contributed by atoms with Gasteiger partial charge in [-0.15, -0.1) is 0 Å². The van der Waals surface area contributed by atoms with Gasteiger partial charge in [-0.2, -0.15) is 0 Å². The number of pyridine rings is 1. The van der Waals surface area contributed by atoms with Gasteiger partial charge >= 0.3 is 0 Å². The maximum Gasteiger partial charge on any atom is 0.198 e. The van der Waals surface area contributed by atoms with Crippen LogP contribution in [0.1, 0.15) is 13.8 Å². The molecule has 6 nitrogen and oxygen atoms in total. The molecule has 0 saturated heterocycles. The minimum atomic E-state index is -1.03. The van der Waals surface area contributed by atoms with Crippen LogP contribution < -0.4 is 19.5 Å². The van der Waals surface area contributed by atoms with Crippen molar-refractivity contribution in [3.63, 3.8) is 0 Å². The molecule has 0 radical (unpaired) electrons. The van der Waals surface area contributed by atoms with E-state index in [2.05, 4.69) is 10.3 Å². The van der Waals surface area contributed by atoms with Crippen molar-refractivity contribution < 1.29 is 28.1 Å². The molecule has 29 heavy (non-hydrogen) atoms. The van der Waals surface area contributed by atoms with E-state index in [-0.39, 0.29) is 12.4 Å². The monoisotopic (exact) mass is 404 g/mol. The first kappa shape index (κ1) is 20.6. The van der Waals surface area contributed by atoms with Crippen LogP contribution in [0.5, 0.6) is 23.0 Å². The number of benzene rings is 2. The van der Waals surface area contributed by atoms with Gasteiger partial charge in [0.2, 0.25) is 0 Å². The summed E-state index contributed by atoms with van der Waals surface area (Å²) in [7, 11) is 3.03. The molecule has 0 aliphatic carbocycles. The number of hydrogen-bond donors (Lipinski definition) is 2. The Balaban J connectivity index is 2.02. The molecule has 0 aliphatic heterocycles. The summed E-state index contributed by atoms with van der Waals surface area (Å²) in [6.07, 6.45) is 1.46. The predicted molar refractivity (Wildman–Crippen MR) is 106 cm³/mol. The fourth-order valence-corrected chi connectivity index (χ4v) is 2.66. The van der Waals surface area contributed by atoms with Crippen molar-refractivity contribution in [3.05, 3.63) is 48.2 Å². The number of aromatic nitrogens is 1. The lowest BCUT2D eigenvalue weighted by Gasteiger charge is -2.19. The summed E-state index contributed by atoms with van der Waals surface area (Å²) in [6, 6.07) is 7.01. The summed E-state index contributed by atoms with van der Waals surface area (Å²) in [6.45, 7) is 3.28. The van der Waals surface area contributed by atoms with Crippen molar-refractivity contribution >= 4 is 16.6 Å². The van der Waals surface area contributed by atoms with Gasteiger partial charge in [0.25, 0.3) is 0 Å². The van der Waals surface area contributed by atoms with Gasteiger partial charge in [0.15, 0.2) is 28.9 Å². The lowest BCUT2D eigenvalue weighted by Crippen LogP contribution is -2.27. The second-order valence-electron chi connectivity index (χ2n) is 7.05. The van der Waals surface area contributed by atoms with E-state index in [4.69, 9.17) is 14.2 Å². The summed E-state index contributed by atoms with van der Waals surface area (Å²) in [5.41, 5.74) is -0.267. The number of halogens is 2. The Morgan fingerprint density at radius 2 is 1.76 bits per heavy atom. The van der Waals surface area contributed by atoms with Crippen LogP contribution in [-0.2, 0) is 0 Å². The van der Waals surface area contributed by atoms with Crippen molar-refractivity contribution in [2.45, 2.75) is 19.4 Å². The number of anilines is 1. The van der Waals surface area contributed by atoms with E-state index in [1.807, 2.05) is 0 Å². The number of fused-ring (bicyclic) bond motifs is 1. The van der Waals surface area contributed by atoms with E-state index in [0.29, 0.717) is 28.1 Å². The topological polar surface area (TPSA) is 72.8 Å². The van der Waals surface area contributed by atoms with Crippen molar-refractivity contribution in [1.29, 1.82) is 0 Å². The van der Waals surface area contributed by atoms with Crippen molar-refractivity contribution in [2.75, 3.05) is 26.1 Å². The van der Waals surface area contributed by atoms with Crippen molar-refractivity contribution in [2.24, 2.45) is 0 Å². The third kappa shape index (κ3) is 4.65. The van der Waals surface area contributed by atoms with Crippen LogP contribution in [0.4, 0.5) is 14.5 Å². The summed E-state index contributed by atoms with van der Waals surface area (Å²) >= 11 is 0. The zero-order valence-electron chi connectivity index (χ0n) is 16.5. The first-order valence-electron chi connectivity index (χ1n) is 8.88. The molecule has 0 aliphatic rings. The highest BCUT2D eigenvalue weighted by molar-refractivity contribution is 5.88. The summed E-state index contributed by atoms with van der Waals surface area (Å²) in [5.74, 6) is -1.24. The molecule has 0 spiro atoms. The highest BCUT2D eigenvalue weighted by Gasteiger charge is 2.19. The first-order chi connectivity index (χ1) is 13.7. The molecule has 0 bridgehead atoms. The van der Waals surface area contributed by atoms with Crippen molar-refractivity contribution in [1.82, 2.24) is 4.98 Å². The molecule has 2 aromatic carbocycles. The van der Waals surface area contributed by atoms with Crippen LogP contribution >= 0.6 is 0 Å². The second-order valence-corrected chi connectivity index (χ2v) is 7.05. The molecule has 154 valence electrons. The molecule has 0 amide bonds. The van der Waals surface area contributed by atoms with Gasteiger partial charge in [0, 0.05) is 42.5 Å². The van der Waals surface area contributed by atoms with E-state index < -0.39 is 23.0 Å². The third-order valence-electron chi connectivity index (χ3n) is 4.07. The van der Waals surface area contributed by atoms with E-state index >= 15 is 0 Å². The van der Waals surface area contributed by atoms with Gasteiger partial charge in [-0.25, -0.2) is 8.78 Å². The van der Waals surface area contributed by atoms with E-state index in [1.54, 1.807) is 33.0 Å². The first-order valence-corrected chi connectivity index (χ1v) is 8.88. The molecule has 0 unspecified atom stereocenters. The van der Waals surface area contributed by atoms with Crippen LogP contribution in [-0.4, -0.2) is 36.5 Å². The maximum atomic E-state index is 14.3. The summed E-state index contributed by atoms with van der Waals surface area (Å²) in [5, 5.41) is 13.0. The third-order valence-corrected chi connectivity index (χ3v) is 4.07. The van der Waals surface area contributed by atoms with Gasteiger partial charge < -0.3 is 24.6 Å². The molecule has 0 atom stereocenters. The zero-order chi connectivity index (χ0) is 21.2. The fourth-order valence-electron chi connectivity index (χ4n) is 2.66. The van der Waals surface area contributed by atoms with Crippen LogP contribution in [0.25, 0.3) is 10.9 Å². The van der Waals surface area contributed by atoms with Gasteiger partial charge in [-0.05, 0) is 26.0 Å². The van der Waals surface area contributed by atoms with Gasteiger partial charge in [-0.3, -0.25) is 4.98 Å². The number of rotatable bonds is 7. The minimum Gasteiger partial charge on any atom is -0.493 e. The molecule has 0 fully saturated rings. The molecular formula is C21H22F2N2O4.